The zero-order chi connectivity index (χ0) is 29.2. The number of rotatable bonds is 4. The fraction of sp³-hybridized carbons (Fsp3) is 0.103. The molecule has 0 spiro atoms. The first-order chi connectivity index (χ1) is 19.4. The lowest BCUT2D eigenvalue weighted by Gasteiger charge is -2.38. The Balaban J connectivity index is 1.43. The zero-order valence-electron chi connectivity index (χ0n) is 20.9. The first-order valence-electron chi connectivity index (χ1n) is 12.2. The minimum Gasteiger partial charge on any atom is -0.399 e. The number of nitrogens with one attached hydrogen (secondary N) is 2. The van der Waals surface area contributed by atoms with Gasteiger partial charge in [-0.2, -0.15) is 26.3 Å². The molecule has 6 rings (SSSR count). The Kier molecular flexibility index (Phi) is 5.77. The zero-order valence-corrected chi connectivity index (χ0v) is 20.9. The topological polar surface area (TPSA) is 109 Å². The molecule has 41 heavy (non-hydrogen) atoms. The molecular weight excluding hydrogens is 546 g/mol. The number of hydrogen-bond acceptors (Lipinski definition) is 4. The van der Waals surface area contributed by atoms with Crippen LogP contribution in [0.15, 0.2) is 84.9 Å². The summed E-state index contributed by atoms with van der Waals surface area (Å²) in [6, 6.07) is 17.9. The maximum absolute atomic E-state index is 14.7. The van der Waals surface area contributed by atoms with Gasteiger partial charge in [0.2, 0.25) is 5.41 Å². The highest BCUT2D eigenvalue weighted by atomic mass is 19.4. The van der Waals surface area contributed by atoms with Crippen molar-refractivity contribution in [1.29, 1.82) is 0 Å². The van der Waals surface area contributed by atoms with Crippen molar-refractivity contribution in [2.24, 2.45) is 0 Å². The number of halogens is 6. The summed E-state index contributed by atoms with van der Waals surface area (Å²) in [5, 5.41) is 0. The number of H-pyrrole nitrogens is 2. The largest absolute Gasteiger partial charge is 0.411 e. The minimum absolute atomic E-state index is 0.277. The number of hydrogen-bond donors (Lipinski definition) is 4. The second kappa shape index (κ2) is 9.01. The van der Waals surface area contributed by atoms with Crippen molar-refractivity contribution < 1.29 is 26.3 Å². The van der Waals surface area contributed by atoms with E-state index in [-0.39, 0.29) is 11.6 Å². The number of anilines is 2. The van der Waals surface area contributed by atoms with Crippen LogP contribution in [0.3, 0.4) is 0 Å². The van der Waals surface area contributed by atoms with Gasteiger partial charge in [0.25, 0.3) is 0 Å². The van der Waals surface area contributed by atoms with Crippen molar-refractivity contribution in [2.75, 3.05) is 11.5 Å². The molecule has 0 saturated heterocycles. The minimum atomic E-state index is -5.72. The summed E-state index contributed by atoms with van der Waals surface area (Å²) < 4.78 is 88.0. The van der Waals surface area contributed by atoms with Crippen molar-refractivity contribution in [3.8, 4) is 22.8 Å². The van der Waals surface area contributed by atoms with Gasteiger partial charge in [-0.15, -0.1) is 0 Å². The number of nitrogen functional groups attached to an aromatic ring is 2. The van der Waals surface area contributed by atoms with Crippen molar-refractivity contribution in [3.63, 3.8) is 0 Å². The predicted molar refractivity (Wildman–Crippen MR) is 145 cm³/mol. The Hall–Kier alpha value is -5.00. The number of alkyl halides is 6. The average Bonchev–Trinajstić information content (AvgIpc) is 3.52. The molecule has 0 saturated carbocycles. The number of aromatic amines is 2. The third kappa shape index (κ3) is 4.22. The number of nitrogens with zero attached hydrogens (tertiary/aromatic N) is 2. The van der Waals surface area contributed by atoms with Crippen LogP contribution in [0.2, 0.25) is 0 Å². The summed E-state index contributed by atoms with van der Waals surface area (Å²) in [7, 11) is 0. The second-order valence-electron chi connectivity index (χ2n) is 9.62. The molecular formula is C29H20F6N6. The summed E-state index contributed by atoms with van der Waals surface area (Å²) in [6.07, 6.45) is -11.4. The van der Waals surface area contributed by atoms with E-state index < -0.39 is 28.9 Å². The number of aromatic nitrogens is 4. The van der Waals surface area contributed by atoms with E-state index in [9.17, 15) is 26.3 Å². The van der Waals surface area contributed by atoms with E-state index in [1.54, 1.807) is 36.4 Å². The molecule has 0 amide bonds. The van der Waals surface area contributed by atoms with Gasteiger partial charge in [0.1, 0.15) is 11.6 Å². The Bertz CT molecular complexity index is 1740. The van der Waals surface area contributed by atoms with Gasteiger partial charge in [-0.3, -0.25) is 0 Å². The summed E-state index contributed by atoms with van der Waals surface area (Å²) in [5.74, 6) is 0.553. The summed E-state index contributed by atoms with van der Waals surface area (Å²) in [6.45, 7) is 0. The quantitative estimate of drug-likeness (QED) is 0.132. The van der Waals surface area contributed by atoms with Crippen LogP contribution in [-0.2, 0) is 5.41 Å². The molecule has 4 aromatic carbocycles. The number of nitrogens with two attached hydrogens (primary N) is 2. The van der Waals surface area contributed by atoms with Crippen LogP contribution in [0, 0.1) is 0 Å². The van der Waals surface area contributed by atoms with Gasteiger partial charge in [0, 0.05) is 22.5 Å². The van der Waals surface area contributed by atoms with E-state index >= 15 is 0 Å². The average molecular weight is 567 g/mol. The van der Waals surface area contributed by atoms with Gasteiger partial charge >= 0.3 is 12.4 Å². The normalized spacial score (nSPS) is 12.8. The summed E-state index contributed by atoms with van der Waals surface area (Å²) in [5.41, 5.74) is 9.11. The number of fused-ring (bicyclic) bond motifs is 2. The summed E-state index contributed by atoms with van der Waals surface area (Å²) >= 11 is 0. The first kappa shape index (κ1) is 26.2. The van der Waals surface area contributed by atoms with Crippen LogP contribution in [0.1, 0.15) is 11.1 Å². The van der Waals surface area contributed by atoms with Gasteiger partial charge in [0.15, 0.2) is 0 Å². The molecule has 2 aromatic heterocycles. The van der Waals surface area contributed by atoms with Crippen molar-refractivity contribution in [1.82, 2.24) is 19.9 Å². The first-order valence-corrected chi connectivity index (χ1v) is 12.2. The smallest absolute Gasteiger partial charge is 0.399 e. The maximum atomic E-state index is 14.7. The fourth-order valence-electron chi connectivity index (χ4n) is 5.07. The van der Waals surface area contributed by atoms with Crippen LogP contribution in [0.4, 0.5) is 37.7 Å². The standard InChI is InChI=1S/C29H20F6N6/c30-28(31,32)27(29(33,34)35,17-5-1-15(2-6-17)25-38-21-11-9-19(36)13-23(21)40-25)18-7-3-16(4-8-18)26-39-22-12-10-20(37)14-24(22)41-26/h1-14H,36-37H2,(H,38,40)(H,39,41). The lowest BCUT2D eigenvalue weighted by molar-refractivity contribution is -0.288. The Morgan fingerprint density at radius 2 is 0.878 bits per heavy atom. The van der Waals surface area contributed by atoms with Gasteiger partial charge in [0.05, 0.1) is 22.1 Å². The molecule has 6 N–H and O–H groups in total. The van der Waals surface area contributed by atoms with Gasteiger partial charge in [-0.25, -0.2) is 9.97 Å². The molecule has 0 atom stereocenters. The molecule has 6 nitrogen and oxygen atoms in total. The van der Waals surface area contributed by atoms with Crippen LogP contribution in [0.25, 0.3) is 44.8 Å². The predicted octanol–water partition coefficient (Wildman–Crippen LogP) is 7.35. The van der Waals surface area contributed by atoms with E-state index in [2.05, 4.69) is 19.9 Å². The highest BCUT2D eigenvalue weighted by molar-refractivity contribution is 5.83. The van der Waals surface area contributed by atoms with Crippen LogP contribution < -0.4 is 11.5 Å². The molecule has 0 unspecified atom stereocenters. The highest BCUT2D eigenvalue weighted by Crippen LogP contribution is 2.56. The van der Waals surface area contributed by atoms with E-state index in [4.69, 9.17) is 11.5 Å². The van der Waals surface area contributed by atoms with Crippen LogP contribution in [-0.4, -0.2) is 32.3 Å². The van der Waals surface area contributed by atoms with E-state index in [1.165, 1.54) is 24.3 Å². The molecule has 0 aliphatic carbocycles. The van der Waals surface area contributed by atoms with Crippen molar-refractivity contribution >= 4 is 33.4 Å². The Morgan fingerprint density at radius 3 is 1.22 bits per heavy atom. The fourth-order valence-corrected chi connectivity index (χ4v) is 5.07. The Labute approximate surface area is 228 Å². The van der Waals surface area contributed by atoms with E-state index in [0.29, 0.717) is 44.6 Å². The van der Waals surface area contributed by atoms with E-state index in [0.717, 1.165) is 24.3 Å². The SMILES string of the molecule is Nc1ccc2nc(-c3ccc(C(c4ccc(-c5nc6ccc(N)cc6[nH]5)cc4)(C(F)(F)F)C(F)(F)F)cc3)[nH]c2c1. The molecule has 0 bridgehead atoms. The lowest BCUT2D eigenvalue weighted by Crippen LogP contribution is -2.54. The highest BCUT2D eigenvalue weighted by Gasteiger charge is 2.72. The van der Waals surface area contributed by atoms with Crippen LogP contribution in [0.5, 0.6) is 0 Å². The molecule has 12 heteroatoms. The van der Waals surface area contributed by atoms with Gasteiger partial charge < -0.3 is 21.4 Å². The van der Waals surface area contributed by atoms with Crippen molar-refractivity contribution in [3.05, 3.63) is 96.1 Å². The van der Waals surface area contributed by atoms with Crippen LogP contribution >= 0.6 is 0 Å². The third-order valence-corrected chi connectivity index (χ3v) is 7.04. The molecule has 0 fully saturated rings. The van der Waals surface area contributed by atoms with E-state index in [1.807, 2.05) is 0 Å². The van der Waals surface area contributed by atoms with Gasteiger partial charge in [-0.1, -0.05) is 48.5 Å². The maximum Gasteiger partial charge on any atom is 0.411 e. The number of imidazole rings is 2. The monoisotopic (exact) mass is 566 g/mol. The molecule has 0 aliphatic rings. The molecule has 0 radical (unpaired) electrons. The van der Waals surface area contributed by atoms with Gasteiger partial charge in [-0.05, 0) is 47.5 Å². The molecule has 6 aromatic rings. The third-order valence-electron chi connectivity index (χ3n) is 7.04. The molecule has 2 heterocycles. The number of benzene rings is 4. The lowest BCUT2D eigenvalue weighted by atomic mass is 9.72. The molecule has 0 aliphatic heterocycles. The summed E-state index contributed by atoms with van der Waals surface area (Å²) in [4.78, 5) is 14.7. The molecule has 208 valence electrons. The van der Waals surface area contributed by atoms with Crippen molar-refractivity contribution in [2.45, 2.75) is 17.8 Å². The Morgan fingerprint density at radius 1 is 0.512 bits per heavy atom. The second-order valence-corrected chi connectivity index (χ2v) is 9.62.